The molecule has 5 nitrogen and oxygen atoms in total. The number of aromatic nitrogens is 1. The van der Waals surface area contributed by atoms with Crippen molar-refractivity contribution in [2.45, 2.75) is 13.8 Å². The summed E-state index contributed by atoms with van der Waals surface area (Å²) in [5.74, 6) is 1.11. The van der Waals surface area contributed by atoms with Crippen LogP contribution in [0.3, 0.4) is 0 Å². The molecule has 1 aromatic heterocycles. The number of pyridine rings is 1. The van der Waals surface area contributed by atoms with Gasteiger partial charge in [0.05, 0.1) is 0 Å². The largest absolute Gasteiger partial charge is 0.409 e. The third-order valence-electron chi connectivity index (χ3n) is 2.43. The number of nitrogens with zero attached hydrogens (tertiary/aromatic N) is 3. The number of oxime groups is 1. The summed E-state index contributed by atoms with van der Waals surface area (Å²) in [6.45, 7) is 4.51. The third kappa shape index (κ3) is 3.12. The molecule has 88 valence electrons. The van der Waals surface area contributed by atoms with E-state index in [4.69, 9.17) is 10.9 Å². The Morgan fingerprint density at radius 2 is 2.31 bits per heavy atom. The summed E-state index contributed by atoms with van der Waals surface area (Å²) in [7, 11) is 1.93. The van der Waals surface area contributed by atoms with Crippen LogP contribution >= 0.6 is 0 Å². The van der Waals surface area contributed by atoms with Gasteiger partial charge in [-0.2, -0.15) is 0 Å². The Morgan fingerprint density at radius 3 is 2.88 bits per heavy atom. The summed E-state index contributed by atoms with van der Waals surface area (Å²) in [6.07, 6.45) is 0. The number of aryl methyl sites for hydroxylation is 1. The van der Waals surface area contributed by atoms with E-state index >= 15 is 0 Å². The molecule has 0 aliphatic carbocycles. The summed E-state index contributed by atoms with van der Waals surface area (Å²) >= 11 is 0. The molecule has 0 spiro atoms. The number of amidine groups is 1. The van der Waals surface area contributed by atoms with Gasteiger partial charge in [-0.05, 0) is 19.1 Å². The SMILES string of the molecule is Cc1cccc(N(C)CC(C)C(N)=NO)n1. The second-order valence-electron chi connectivity index (χ2n) is 3.94. The van der Waals surface area contributed by atoms with Crippen LogP contribution in [-0.2, 0) is 0 Å². The zero-order valence-electron chi connectivity index (χ0n) is 9.88. The third-order valence-corrected chi connectivity index (χ3v) is 2.43. The van der Waals surface area contributed by atoms with Gasteiger partial charge in [-0.3, -0.25) is 0 Å². The molecule has 16 heavy (non-hydrogen) atoms. The van der Waals surface area contributed by atoms with Crippen molar-refractivity contribution in [3.63, 3.8) is 0 Å². The molecule has 1 atom stereocenters. The molecule has 1 aromatic rings. The smallest absolute Gasteiger partial charge is 0.143 e. The van der Waals surface area contributed by atoms with E-state index in [0.717, 1.165) is 11.5 Å². The van der Waals surface area contributed by atoms with Crippen LogP contribution in [0.4, 0.5) is 5.82 Å². The number of hydrogen-bond acceptors (Lipinski definition) is 4. The van der Waals surface area contributed by atoms with Gasteiger partial charge in [0.1, 0.15) is 11.7 Å². The molecule has 3 N–H and O–H groups in total. The maximum Gasteiger partial charge on any atom is 0.143 e. The highest BCUT2D eigenvalue weighted by atomic mass is 16.4. The van der Waals surface area contributed by atoms with Crippen molar-refractivity contribution in [1.29, 1.82) is 0 Å². The number of anilines is 1. The molecular formula is C11H18N4O. The summed E-state index contributed by atoms with van der Waals surface area (Å²) in [6, 6.07) is 5.85. The van der Waals surface area contributed by atoms with Gasteiger partial charge in [0, 0.05) is 25.2 Å². The lowest BCUT2D eigenvalue weighted by atomic mass is 10.1. The lowest BCUT2D eigenvalue weighted by Crippen LogP contribution is -2.33. The van der Waals surface area contributed by atoms with Crippen LogP contribution in [0.15, 0.2) is 23.4 Å². The molecule has 1 heterocycles. The Labute approximate surface area is 95.6 Å². The van der Waals surface area contributed by atoms with Crippen LogP contribution < -0.4 is 10.6 Å². The first kappa shape index (κ1) is 12.3. The van der Waals surface area contributed by atoms with Crippen LogP contribution in [0.25, 0.3) is 0 Å². The molecule has 0 aliphatic heterocycles. The molecule has 0 aliphatic rings. The predicted octanol–water partition coefficient (Wildman–Crippen LogP) is 1.21. The van der Waals surface area contributed by atoms with Gasteiger partial charge in [-0.25, -0.2) is 4.98 Å². The Balaban J connectivity index is 2.69. The Hall–Kier alpha value is -1.78. The van der Waals surface area contributed by atoms with Crippen molar-refractivity contribution in [2.24, 2.45) is 16.8 Å². The lowest BCUT2D eigenvalue weighted by Gasteiger charge is -2.21. The predicted molar refractivity (Wildman–Crippen MR) is 64.8 cm³/mol. The zero-order chi connectivity index (χ0) is 12.1. The minimum atomic E-state index is -0.0164. The second-order valence-corrected chi connectivity index (χ2v) is 3.94. The zero-order valence-corrected chi connectivity index (χ0v) is 9.88. The molecule has 0 radical (unpaired) electrons. The molecular weight excluding hydrogens is 204 g/mol. The first-order chi connectivity index (χ1) is 7.54. The van der Waals surface area contributed by atoms with E-state index in [2.05, 4.69) is 10.1 Å². The van der Waals surface area contributed by atoms with Gasteiger partial charge in [-0.1, -0.05) is 18.1 Å². The Kier molecular flexibility index (Phi) is 4.10. The van der Waals surface area contributed by atoms with Crippen molar-refractivity contribution in [1.82, 2.24) is 4.98 Å². The highest BCUT2D eigenvalue weighted by Crippen LogP contribution is 2.11. The number of rotatable bonds is 4. The van der Waals surface area contributed by atoms with Crippen LogP contribution in [0.2, 0.25) is 0 Å². The highest BCUT2D eigenvalue weighted by molar-refractivity contribution is 5.82. The summed E-state index contributed by atoms with van der Waals surface area (Å²) in [5, 5.41) is 11.6. The normalized spacial score (nSPS) is 13.6. The van der Waals surface area contributed by atoms with Gasteiger partial charge < -0.3 is 15.8 Å². The maximum absolute atomic E-state index is 8.56. The van der Waals surface area contributed by atoms with Crippen molar-refractivity contribution in [2.75, 3.05) is 18.5 Å². The first-order valence-electron chi connectivity index (χ1n) is 5.16. The van der Waals surface area contributed by atoms with E-state index < -0.39 is 0 Å². The standard InChI is InChI=1S/C11H18N4O/c1-8(11(12)14-16)7-15(3)10-6-4-5-9(2)13-10/h4-6,8,16H,7H2,1-3H3,(H2,12,14). The van der Waals surface area contributed by atoms with E-state index in [-0.39, 0.29) is 11.8 Å². The fraction of sp³-hybridized carbons (Fsp3) is 0.455. The average Bonchev–Trinajstić information content (AvgIpc) is 2.27. The van der Waals surface area contributed by atoms with E-state index in [9.17, 15) is 0 Å². The van der Waals surface area contributed by atoms with E-state index in [1.54, 1.807) is 0 Å². The maximum atomic E-state index is 8.56. The summed E-state index contributed by atoms with van der Waals surface area (Å²) < 4.78 is 0. The summed E-state index contributed by atoms with van der Waals surface area (Å²) in [4.78, 5) is 6.38. The molecule has 0 amide bonds. The monoisotopic (exact) mass is 222 g/mol. The molecule has 0 aromatic carbocycles. The molecule has 5 heteroatoms. The number of hydrogen-bond donors (Lipinski definition) is 2. The van der Waals surface area contributed by atoms with Crippen molar-refractivity contribution in [3.8, 4) is 0 Å². The van der Waals surface area contributed by atoms with Crippen LogP contribution in [-0.4, -0.2) is 29.6 Å². The molecule has 0 saturated carbocycles. The topological polar surface area (TPSA) is 74.7 Å². The highest BCUT2D eigenvalue weighted by Gasteiger charge is 2.11. The van der Waals surface area contributed by atoms with Crippen LogP contribution in [0.5, 0.6) is 0 Å². The van der Waals surface area contributed by atoms with Gasteiger partial charge in [0.15, 0.2) is 0 Å². The van der Waals surface area contributed by atoms with Crippen LogP contribution in [0.1, 0.15) is 12.6 Å². The van der Waals surface area contributed by atoms with E-state index in [1.165, 1.54) is 0 Å². The Bertz CT molecular complexity index is 378. The Morgan fingerprint density at radius 1 is 1.62 bits per heavy atom. The fourth-order valence-corrected chi connectivity index (χ4v) is 1.44. The van der Waals surface area contributed by atoms with Gasteiger partial charge in [0.2, 0.25) is 0 Å². The van der Waals surface area contributed by atoms with E-state index in [1.807, 2.05) is 44.0 Å². The molecule has 0 fully saturated rings. The molecule has 1 rings (SSSR count). The fourth-order valence-electron chi connectivity index (χ4n) is 1.44. The molecule has 1 unspecified atom stereocenters. The van der Waals surface area contributed by atoms with Crippen molar-refractivity contribution in [3.05, 3.63) is 23.9 Å². The molecule has 0 bridgehead atoms. The van der Waals surface area contributed by atoms with Crippen LogP contribution in [0, 0.1) is 12.8 Å². The minimum Gasteiger partial charge on any atom is -0.409 e. The van der Waals surface area contributed by atoms with Gasteiger partial charge in [0.25, 0.3) is 0 Å². The van der Waals surface area contributed by atoms with Gasteiger partial charge in [-0.15, -0.1) is 0 Å². The second kappa shape index (κ2) is 5.34. The first-order valence-corrected chi connectivity index (χ1v) is 5.16. The minimum absolute atomic E-state index is 0.0164. The molecule has 0 saturated heterocycles. The van der Waals surface area contributed by atoms with Crippen molar-refractivity contribution < 1.29 is 5.21 Å². The van der Waals surface area contributed by atoms with Crippen molar-refractivity contribution >= 4 is 11.7 Å². The summed E-state index contributed by atoms with van der Waals surface area (Å²) in [5.41, 5.74) is 6.50. The lowest BCUT2D eigenvalue weighted by molar-refractivity contribution is 0.314. The quantitative estimate of drug-likeness (QED) is 0.347. The number of nitrogens with two attached hydrogens (primary N) is 1. The van der Waals surface area contributed by atoms with Gasteiger partial charge >= 0.3 is 0 Å². The average molecular weight is 222 g/mol. The van der Waals surface area contributed by atoms with E-state index in [0.29, 0.717) is 6.54 Å².